The quantitative estimate of drug-likeness (QED) is 0.806. The van der Waals surface area contributed by atoms with Crippen LogP contribution in [0.15, 0.2) is 41.9 Å². The first kappa shape index (κ1) is 13.0. The fourth-order valence-corrected chi connectivity index (χ4v) is 1.47. The van der Waals surface area contributed by atoms with Crippen molar-refractivity contribution in [2.45, 2.75) is 20.4 Å². The van der Waals surface area contributed by atoms with Crippen LogP contribution in [0.1, 0.15) is 19.7 Å². The number of allylic oxidation sites excluding steroid dienone is 5. The van der Waals surface area contributed by atoms with Crippen molar-refractivity contribution in [2.75, 3.05) is 5.73 Å². The number of nitrogens with two attached hydrogens (primary N) is 1. The summed E-state index contributed by atoms with van der Waals surface area (Å²) in [5, 5.41) is 0. The summed E-state index contributed by atoms with van der Waals surface area (Å²) in [4.78, 5) is 16.0. The molecule has 1 aromatic rings. The highest BCUT2D eigenvalue weighted by Crippen LogP contribution is 2.12. The van der Waals surface area contributed by atoms with Gasteiger partial charge in [0.25, 0.3) is 5.56 Å². The predicted octanol–water partition coefficient (Wildman–Crippen LogP) is 1.99. The Bertz CT molecular complexity index is 524. The highest BCUT2D eigenvalue weighted by molar-refractivity contribution is 5.70. The van der Waals surface area contributed by atoms with Crippen LogP contribution >= 0.6 is 0 Å². The van der Waals surface area contributed by atoms with E-state index in [1.165, 1.54) is 10.8 Å². The minimum Gasteiger partial charge on any atom is -0.393 e. The number of nitrogen functional groups attached to an aromatic ring is 1. The number of hydrogen-bond acceptors (Lipinski definition) is 3. The Hall–Kier alpha value is -2.10. The smallest absolute Gasteiger partial charge is 0.276 e. The Labute approximate surface area is 101 Å². The summed E-state index contributed by atoms with van der Waals surface area (Å²) in [6.07, 6.45) is 8.69. The first-order chi connectivity index (χ1) is 8.15. The maximum absolute atomic E-state index is 11.8. The number of nitrogens with zero attached hydrogens (tertiary/aromatic N) is 2. The molecule has 90 valence electrons. The van der Waals surface area contributed by atoms with Gasteiger partial charge in [-0.2, -0.15) is 0 Å². The van der Waals surface area contributed by atoms with Gasteiger partial charge in [0.15, 0.2) is 0 Å². The van der Waals surface area contributed by atoms with Gasteiger partial charge in [-0.05, 0) is 13.8 Å². The summed E-state index contributed by atoms with van der Waals surface area (Å²) in [6.45, 7) is 8.04. The van der Waals surface area contributed by atoms with E-state index in [9.17, 15) is 4.79 Å². The van der Waals surface area contributed by atoms with Gasteiger partial charge in [0.2, 0.25) is 0 Å². The SMILES string of the molecule is C=C/C(=C\C=C/C)c1ncc(N)c(=O)n1CC. The van der Waals surface area contributed by atoms with Crippen molar-refractivity contribution in [2.24, 2.45) is 0 Å². The molecule has 2 N–H and O–H groups in total. The van der Waals surface area contributed by atoms with Crippen molar-refractivity contribution in [1.82, 2.24) is 9.55 Å². The molecule has 0 aromatic carbocycles. The van der Waals surface area contributed by atoms with Crippen LogP contribution in [-0.2, 0) is 6.54 Å². The molecule has 0 unspecified atom stereocenters. The van der Waals surface area contributed by atoms with Gasteiger partial charge in [0.1, 0.15) is 11.5 Å². The molecule has 4 nitrogen and oxygen atoms in total. The Morgan fingerprint density at radius 1 is 1.65 bits per heavy atom. The molecule has 0 aliphatic carbocycles. The largest absolute Gasteiger partial charge is 0.393 e. The summed E-state index contributed by atoms with van der Waals surface area (Å²) >= 11 is 0. The lowest BCUT2D eigenvalue weighted by molar-refractivity contribution is 0.697. The molecular formula is C13H17N3O. The van der Waals surface area contributed by atoms with Gasteiger partial charge in [-0.25, -0.2) is 4.98 Å². The topological polar surface area (TPSA) is 60.9 Å². The van der Waals surface area contributed by atoms with Crippen molar-refractivity contribution in [3.05, 3.63) is 53.3 Å². The van der Waals surface area contributed by atoms with Crippen LogP contribution in [-0.4, -0.2) is 9.55 Å². The lowest BCUT2D eigenvalue weighted by Gasteiger charge is -2.10. The van der Waals surface area contributed by atoms with Gasteiger partial charge < -0.3 is 5.73 Å². The second kappa shape index (κ2) is 5.84. The van der Waals surface area contributed by atoms with Crippen molar-refractivity contribution in [3.63, 3.8) is 0 Å². The number of hydrogen-bond donors (Lipinski definition) is 1. The first-order valence-electron chi connectivity index (χ1n) is 5.46. The zero-order chi connectivity index (χ0) is 12.8. The molecule has 0 bridgehead atoms. The highest BCUT2D eigenvalue weighted by atomic mass is 16.1. The molecule has 17 heavy (non-hydrogen) atoms. The van der Waals surface area contributed by atoms with E-state index in [1.54, 1.807) is 6.08 Å². The zero-order valence-electron chi connectivity index (χ0n) is 10.2. The monoisotopic (exact) mass is 231 g/mol. The normalized spacial score (nSPS) is 12.0. The van der Waals surface area contributed by atoms with Gasteiger partial charge in [-0.3, -0.25) is 9.36 Å². The molecule has 0 amide bonds. The highest BCUT2D eigenvalue weighted by Gasteiger charge is 2.08. The molecule has 0 spiro atoms. The molecule has 4 heteroatoms. The average molecular weight is 231 g/mol. The maximum Gasteiger partial charge on any atom is 0.276 e. The minimum atomic E-state index is -0.217. The lowest BCUT2D eigenvalue weighted by atomic mass is 10.2. The summed E-state index contributed by atoms with van der Waals surface area (Å²) in [7, 11) is 0. The summed E-state index contributed by atoms with van der Waals surface area (Å²) in [5.41, 5.74) is 6.29. The van der Waals surface area contributed by atoms with Crippen LogP contribution < -0.4 is 11.3 Å². The van der Waals surface area contributed by atoms with Crippen molar-refractivity contribution < 1.29 is 0 Å². The molecule has 0 aliphatic heterocycles. The Balaban J connectivity index is 3.45. The number of anilines is 1. The van der Waals surface area contributed by atoms with E-state index in [-0.39, 0.29) is 11.2 Å². The van der Waals surface area contributed by atoms with Crippen LogP contribution in [0.3, 0.4) is 0 Å². The molecule has 1 aromatic heterocycles. The summed E-state index contributed by atoms with van der Waals surface area (Å²) in [5.74, 6) is 0.583. The third-order valence-corrected chi connectivity index (χ3v) is 2.34. The van der Waals surface area contributed by atoms with E-state index in [2.05, 4.69) is 11.6 Å². The fraction of sp³-hybridized carbons (Fsp3) is 0.231. The van der Waals surface area contributed by atoms with Gasteiger partial charge in [-0.1, -0.05) is 30.9 Å². The molecule has 0 aliphatic rings. The predicted molar refractivity (Wildman–Crippen MR) is 71.6 cm³/mol. The first-order valence-corrected chi connectivity index (χ1v) is 5.46. The third kappa shape index (κ3) is 2.72. The zero-order valence-corrected chi connectivity index (χ0v) is 10.2. The number of rotatable bonds is 4. The Morgan fingerprint density at radius 3 is 2.88 bits per heavy atom. The molecule has 1 rings (SSSR count). The Morgan fingerprint density at radius 2 is 2.35 bits per heavy atom. The van der Waals surface area contributed by atoms with Crippen LogP contribution in [0.2, 0.25) is 0 Å². The second-order valence-corrected chi connectivity index (χ2v) is 3.44. The molecule has 0 saturated heterocycles. The summed E-state index contributed by atoms with van der Waals surface area (Å²) in [6, 6.07) is 0. The van der Waals surface area contributed by atoms with Crippen molar-refractivity contribution in [3.8, 4) is 0 Å². The lowest BCUT2D eigenvalue weighted by Crippen LogP contribution is -2.26. The maximum atomic E-state index is 11.8. The van der Waals surface area contributed by atoms with E-state index in [4.69, 9.17) is 5.73 Å². The third-order valence-electron chi connectivity index (χ3n) is 2.34. The number of aromatic nitrogens is 2. The summed E-state index contributed by atoms with van der Waals surface area (Å²) < 4.78 is 1.53. The molecular weight excluding hydrogens is 214 g/mol. The van der Waals surface area contributed by atoms with Gasteiger partial charge in [-0.15, -0.1) is 0 Å². The van der Waals surface area contributed by atoms with Gasteiger partial charge >= 0.3 is 0 Å². The van der Waals surface area contributed by atoms with Crippen LogP contribution in [0.4, 0.5) is 5.69 Å². The van der Waals surface area contributed by atoms with E-state index >= 15 is 0 Å². The molecule has 0 fully saturated rings. The second-order valence-electron chi connectivity index (χ2n) is 3.44. The average Bonchev–Trinajstić information content (AvgIpc) is 2.34. The van der Waals surface area contributed by atoms with E-state index < -0.39 is 0 Å². The van der Waals surface area contributed by atoms with Crippen molar-refractivity contribution in [1.29, 1.82) is 0 Å². The van der Waals surface area contributed by atoms with E-state index in [0.717, 1.165) is 5.57 Å². The molecule has 0 radical (unpaired) electrons. The standard InChI is InChI=1S/C13H17N3O/c1-4-7-8-10(5-2)12-15-9-11(14)13(17)16(12)6-3/h4-5,7-9H,2,6,14H2,1,3H3/b7-4-,10-8+. The van der Waals surface area contributed by atoms with Crippen molar-refractivity contribution >= 4 is 11.3 Å². The van der Waals surface area contributed by atoms with E-state index in [1.807, 2.05) is 32.1 Å². The van der Waals surface area contributed by atoms with Gasteiger partial charge in [0.05, 0.1) is 6.20 Å². The van der Waals surface area contributed by atoms with E-state index in [0.29, 0.717) is 12.4 Å². The molecule has 0 saturated carbocycles. The van der Waals surface area contributed by atoms with Gasteiger partial charge in [0, 0.05) is 12.1 Å². The van der Waals surface area contributed by atoms with Crippen LogP contribution in [0.25, 0.3) is 5.57 Å². The van der Waals surface area contributed by atoms with Crippen LogP contribution in [0, 0.1) is 0 Å². The molecule has 1 heterocycles. The minimum absolute atomic E-state index is 0.157. The van der Waals surface area contributed by atoms with Crippen LogP contribution in [0.5, 0.6) is 0 Å². The molecule has 0 atom stereocenters. The fourth-order valence-electron chi connectivity index (χ4n) is 1.47. The Kier molecular flexibility index (Phi) is 4.46.